The number of esters is 4. The minimum absolute atomic E-state index is 0.104. The Bertz CT molecular complexity index is 1900. The number of unbranched alkanes of at least 4 members (excludes halogenated alkanes) is 40. The Kier molecular flexibility index (Phi) is 65.9. The van der Waals surface area contributed by atoms with Gasteiger partial charge in [0.05, 0.1) is 26.4 Å². The monoisotopic (exact) mass is 1420 g/mol. The molecule has 0 fully saturated rings. The Morgan fingerprint density at radius 2 is 0.495 bits per heavy atom. The molecule has 0 aliphatic carbocycles. The highest BCUT2D eigenvalue weighted by Crippen LogP contribution is 2.45. The van der Waals surface area contributed by atoms with Crippen LogP contribution in [0.2, 0.25) is 0 Å². The molecule has 3 unspecified atom stereocenters. The lowest BCUT2D eigenvalue weighted by molar-refractivity contribution is -0.161. The third-order valence-electron chi connectivity index (χ3n) is 18.4. The van der Waals surface area contributed by atoms with Crippen LogP contribution in [0.3, 0.4) is 0 Å². The van der Waals surface area contributed by atoms with Gasteiger partial charge in [0.1, 0.15) is 19.3 Å². The molecular formula is C78H152O17P2. The minimum Gasteiger partial charge on any atom is -0.462 e. The molecule has 0 bridgehead atoms. The van der Waals surface area contributed by atoms with Gasteiger partial charge in [-0.3, -0.25) is 37.3 Å². The van der Waals surface area contributed by atoms with Crippen LogP contribution in [0, 0.1) is 23.7 Å². The van der Waals surface area contributed by atoms with E-state index in [0.29, 0.717) is 31.6 Å². The summed E-state index contributed by atoms with van der Waals surface area (Å²) in [7, 11) is -9.91. The second kappa shape index (κ2) is 67.2. The molecule has 0 heterocycles. The summed E-state index contributed by atoms with van der Waals surface area (Å²) in [5.74, 6) is 0.934. The standard InChI is InChI=1S/C78H152O17P2/c1-9-71(8)57-49-41-32-25-21-17-14-15-19-23-27-34-44-52-60-77(82)94-74(65-89-76(81)59-51-43-37-36-40-48-56-70(6)7)67-93-97(86,87)91-63-72(79)62-90-96(84,85)92-66-73(95-78(83)61-53-45-35-29-28-31-39-47-55-69(4)5)64-88-75(80)58-50-42-33-26-22-18-13-11-10-12-16-20-24-30-38-46-54-68(2)3/h68-74,79H,9-67H2,1-8H3,(H,84,85)(H,86,87)/t71?,72-,73-,74-/m1/s1. The number of carbonyl (C=O) groups excluding carboxylic acids is 4. The second-order valence-electron chi connectivity index (χ2n) is 29.8. The van der Waals surface area contributed by atoms with Crippen LogP contribution in [0.4, 0.5) is 0 Å². The van der Waals surface area contributed by atoms with Gasteiger partial charge in [-0.05, 0) is 49.4 Å². The number of carbonyl (C=O) groups is 4. The molecule has 17 nitrogen and oxygen atoms in total. The summed E-state index contributed by atoms with van der Waals surface area (Å²) in [4.78, 5) is 72.8. The van der Waals surface area contributed by atoms with Crippen molar-refractivity contribution < 1.29 is 80.2 Å². The topological polar surface area (TPSA) is 237 Å². The van der Waals surface area contributed by atoms with Gasteiger partial charge >= 0.3 is 39.5 Å². The van der Waals surface area contributed by atoms with Crippen molar-refractivity contribution in [1.82, 2.24) is 0 Å². The van der Waals surface area contributed by atoms with E-state index in [-0.39, 0.29) is 25.7 Å². The number of aliphatic hydroxyl groups excluding tert-OH is 1. The van der Waals surface area contributed by atoms with E-state index >= 15 is 0 Å². The first-order chi connectivity index (χ1) is 46.6. The number of hydrogen-bond donors (Lipinski definition) is 3. The van der Waals surface area contributed by atoms with Crippen LogP contribution >= 0.6 is 15.6 Å². The summed E-state index contributed by atoms with van der Waals surface area (Å²) >= 11 is 0. The van der Waals surface area contributed by atoms with Gasteiger partial charge in [-0.2, -0.15) is 0 Å². The van der Waals surface area contributed by atoms with Crippen LogP contribution in [0.5, 0.6) is 0 Å². The van der Waals surface area contributed by atoms with Gasteiger partial charge in [0.25, 0.3) is 0 Å². The fourth-order valence-corrected chi connectivity index (χ4v) is 13.5. The number of aliphatic hydroxyl groups is 1. The van der Waals surface area contributed by atoms with E-state index in [0.717, 1.165) is 114 Å². The van der Waals surface area contributed by atoms with Gasteiger partial charge in [-0.25, -0.2) is 9.13 Å². The highest BCUT2D eigenvalue weighted by molar-refractivity contribution is 7.47. The summed E-state index contributed by atoms with van der Waals surface area (Å²) in [5, 5.41) is 10.6. The van der Waals surface area contributed by atoms with Crippen molar-refractivity contribution in [3.8, 4) is 0 Å². The van der Waals surface area contributed by atoms with Crippen molar-refractivity contribution in [3.05, 3.63) is 0 Å². The third kappa shape index (κ3) is 70.9. The van der Waals surface area contributed by atoms with Gasteiger partial charge < -0.3 is 33.8 Å². The second-order valence-corrected chi connectivity index (χ2v) is 32.7. The molecular weight excluding hydrogens is 1270 g/mol. The highest BCUT2D eigenvalue weighted by Gasteiger charge is 2.30. The van der Waals surface area contributed by atoms with Crippen molar-refractivity contribution >= 4 is 39.5 Å². The van der Waals surface area contributed by atoms with Crippen LogP contribution in [-0.2, 0) is 65.4 Å². The number of rotatable bonds is 75. The molecule has 0 saturated carbocycles. The fourth-order valence-electron chi connectivity index (χ4n) is 11.9. The molecule has 576 valence electrons. The van der Waals surface area contributed by atoms with E-state index in [1.54, 1.807) is 0 Å². The molecule has 0 radical (unpaired) electrons. The summed E-state index contributed by atoms with van der Waals surface area (Å²) in [6.45, 7) is 14.2. The maximum Gasteiger partial charge on any atom is 0.472 e. The lowest BCUT2D eigenvalue weighted by Gasteiger charge is -2.21. The van der Waals surface area contributed by atoms with E-state index in [4.69, 9.17) is 37.0 Å². The zero-order chi connectivity index (χ0) is 71.7. The molecule has 0 aromatic rings. The summed E-state index contributed by atoms with van der Waals surface area (Å²) < 4.78 is 68.5. The Balaban J connectivity index is 5.17. The predicted molar refractivity (Wildman–Crippen MR) is 395 cm³/mol. The molecule has 0 aromatic carbocycles. The molecule has 0 saturated heterocycles. The first-order valence-electron chi connectivity index (χ1n) is 40.2. The van der Waals surface area contributed by atoms with Crippen LogP contribution in [0.15, 0.2) is 0 Å². The number of hydrogen-bond acceptors (Lipinski definition) is 15. The molecule has 0 rings (SSSR count). The number of phosphoric acid groups is 2. The van der Waals surface area contributed by atoms with Gasteiger partial charge in [-0.15, -0.1) is 0 Å². The third-order valence-corrected chi connectivity index (χ3v) is 20.3. The maximum absolute atomic E-state index is 13.1. The van der Waals surface area contributed by atoms with Crippen LogP contribution < -0.4 is 0 Å². The molecule has 0 aliphatic heterocycles. The van der Waals surface area contributed by atoms with Crippen LogP contribution in [-0.4, -0.2) is 96.7 Å². The Morgan fingerprint density at radius 3 is 0.732 bits per heavy atom. The molecule has 6 atom stereocenters. The maximum atomic E-state index is 13.1. The summed E-state index contributed by atoms with van der Waals surface area (Å²) in [5.41, 5.74) is 0. The van der Waals surface area contributed by atoms with E-state index in [1.165, 1.54) is 193 Å². The Hall–Kier alpha value is -1.94. The van der Waals surface area contributed by atoms with E-state index < -0.39 is 97.5 Å². The lowest BCUT2D eigenvalue weighted by atomic mass is 9.99. The van der Waals surface area contributed by atoms with Crippen molar-refractivity contribution in [1.29, 1.82) is 0 Å². The SMILES string of the molecule is CCC(C)CCCCCCCCCCCCCCCCC(=O)O[C@H](COC(=O)CCCCCCCCC(C)C)COP(=O)(O)OC[C@H](O)COP(=O)(O)OC[C@@H](COC(=O)CCCCCCCCCCCCCCCCCCC(C)C)OC(=O)CCCCCCCCCCC(C)C. The van der Waals surface area contributed by atoms with Gasteiger partial charge in [-0.1, -0.05) is 344 Å². The Labute approximate surface area is 594 Å². The normalized spacial score (nSPS) is 14.4. The van der Waals surface area contributed by atoms with Gasteiger partial charge in [0, 0.05) is 25.7 Å². The fraction of sp³-hybridized carbons (Fsp3) is 0.949. The number of ether oxygens (including phenoxy) is 4. The first kappa shape index (κ1) is 95.1. The van der Waals surface area contributed by atoms with Crippen molar-refractivity contribution in [2.24, 2.45) is 23.7 Å². The molecule has 19 heteroatoms. The largest absolute Gasteiger partial charge is 0.472 e. The molecule has 97 heavy (non-hydrogen) atoms. The quantitative estimate of drug-likeness (QED) is 0.0222. The molecule has 0 aromatic heterocycles. The first-order valence-corrected chi connectivity index (χ1v) is 43.2. The summed E-state index contributed by atoms with van der Waals surface area (Å²) in [6, 6.07) is 0. The summed E-state index contributed by atoms with van der Waals surface area (Å²) in [6.07, 6.45) is 53.0. The van der Waals surface area contributed by atoms with E-state index in [9.17, 15) is 43.2 Å². The average Bonchev–Trinajstić information content (AvgIpc) is 1.52. The Morgan fingerprint density at radius 1 is 0.289 bits per heavy atom. The predicted octanol–water partition coefficient (Wildman–Crippen LogP) is 22.8. The highest BCUT2D eigenvalue weighted by atomic mass is 31.2. The zero-order valence-corrected chi connectivity index (χ0v) is 65.5. The molecule has 0 amide bonds. The number of phosphoric ester groups is 2. The molecule has 0 aliphatic rings. The van der Waals surface area contributed by atoms with E-state index in [1.807, 2.05) is 0 Å². The smallest absolute Gasteiger partial charge is 0.462 e. The lowest BCUT2D eigenvalue weighted by Crippen LogP contribution is -2.30. The van der Waals surface area contributed by atoms with Crippen molar-refractivity contribution in [2.45, 2.75) is 414 Å². The van der Waals surface area contributed by atoms with Gasteiger partial charge in [0.15, 0.2) is 12.2 Å². The molecule has 0 spiro atoms. The average molecular weight is 1420 g/mol. The van der Waals surface area contributed by atoms with Crippen molar-refractivity contribution in [3.63, 3.8) is 0 Å². The van der Waals surface area contributed by atoms with Crippen molar-refractivity contribution in [2.75, 3.05) is 39.6 Å². The minimum atomic E-state index is -4.96. The van der Waals surface area contributed by atoms with E-state index in [2.05, 4.69) is 55.4 Å². The van der Waals surface area contributed by atoms with Crippen LogP contribution in [0.25, 0.3) is 0 Å². The van der Waals surface area contributed by atoms with Crippen LogP contribution in [0.1, 0.15) is 396 Å². The van der Waals surface area contributed by atoms with Gasteiger partial charge in [0.2, 0.25) is 0 Å². The zero-order valence-electron chi connectivity index (χ0n) is 63.7. The molecule has 3 N–H and O–H groups in total.